The highest BCUT2D eigenvalue weighted by atomic mass is 19.3. The van der Waals surface area contributed by atoms with Crippen LogP contribution < -0.4 is 5.73 Å². The predicted octanol–water partition coefficient (Wildman–Crippen LogP) is 4.05. The maximum atomic E-state index is 14.0. The Morgan fingerprint density at radius 1 is 1.38 bits per heavy atom. The van der Waals surface area contributed by atoms with Gasteiger partial charge in [0.05, 0.1) is 22.4 Å². The summed E-state index contributed by atoms with van der Waals surface area (Å²) in [6.45, 7) is 9.96. The Labute approximate surface area is 149 Å². The first-order chi connectivity index (χ1) is 12.1. The Kier molecular flexibility index (Phi) is 5.25. The van der Waals surface area contributed by atoms with Crippen LogP contribution in [-0.4, -0.2) is 25.5 Å². The Bertz CT molecular complexity index is 967. The zero-order chi connectivity index (χ0) is 19.8. The molecule has 0 saturated carbocycles. The molecule has 0 aliphatic carbocycles. The van der Waals surface area contributed by atoms with Gasteiger partial charge in [0.1, 0.15) is 17.2 Å². The number of nitrogens with two attached hydrogens (primary N) is 1. The quantitative estimate of drug-likeness (QED) is 0.620. The molecule has 2 rings (SSSR count). The lowest BCUT2D eigenvalue weighted by molar-refractivity contribution is 0.0985. The minimum absolute atomic E-state index is 0.0605. The smallest absolute Gasteiger partial charge is 0.279 e. The van der Waals surface area contributed by atoms with Crippen molar-refractivity contribution >= 4 is 22.6 Å². The lowest BCUT2D eigenvalue weighted by Crippen LogP contribution is -2.15. The van der Waals surface area contributed by atoms with Crippen molar-refractivity contribution in [2.75, 3.05) is 0 Å². The molecule has 0 unspecified atom stereocenters. The molecule has 2 aromatic heterocycles. The van der Waals surface area contributed by atoms with Crippen molar-refractivity contribution in [2.24, 2.45) is 5.73 Å². The Balaban J connectivity index is 3.18. The van der Waals surface area contributed by atoms with E-state index in [-0.39, 0.29) is 28.1 Å². The number of fused-ring (bicyclic) bond motifs is 1. The second-order valence-electron chi connectivity index (χ2n) is 5.86. The number of aromatic nitrogens is 3. The largest absolute Gasteiger partial charge is 0.512 e. The van der Waals surface area contributed by atoms with Crippen molar-refractivity contribution in [2.45, 2.75) is 34.1 Å². The molecule has 2 heterocycles. The van der Waals surface area contributed by atoms with Gasteiger partial charge in [0.15, 0.2) is 0 Å². The number of carbonyl (C=O) groups is 1. The van der Waals surface area contributed by atoms with Crippen LogP contribution in [0.2, 0.25) is 0 Å². The van der Waals surface area contributed by atoms with Crippen molar-refractivity contribution in [3.05, 3.63) is 52.8 Å². The molecule has 0 aliphatic rings. The molecule has 0 fully saturated rings. The van der Waals surface area contributed by atoms with Gasteiger partial charge in [-0.15, -0.1) is 0 Å². The Hall–Kier alpha value is -3.03. The lowest BCUT2D eigenvalue weighted by Gasteiger charge is -2.18. The molecule has 0 aliphatic heterocycles. The van der Waals surface area contributed by atoms with Gasteiger partial charge < -0.3 is 10.8 Å². The molecule has 0 atom stereocenters. The molecule has 0 bridgehead atoms. The summed E-state index contributed by atoms with van der Waals surface area (Å²) in [5.41, 5.74) is 5.66. The molecule has 0 aromatic carbocycles. The van der Waals surface area contributed by atoms with E-state index in [4.69, 9.17) is 5.73 Å². The van der Waals surface area contributed by atoms with Crippen LogP contribution in [-0.2, 0) is 0 Å². The topological polar surface area (TPSA) is 94.0 Å². The molecule has 2 aromatic rings. The van der Waals surface area contributed by atoms with E-state index >= 15 is 0 Å². The van der Waals surface area contributed by atoms with E-state index in [0.29, 0.717) is 17.0 Å². The number of rotatable bonds is 5. The molecule has 6 nitrogen and oxygen atoms in total. The molecular weight excluding hydrogens is 342 g/mol. The second-order valence-corrected chi connectivity index (χ2v) is 5.86. The highest BCUT2D eigenvalue weighted by Gasteiger charge is 2.30. The third-order valence-corrected chi connectivity index (χ3v) is 4.12. The number of carbonyl (C=O) groups excluding carboxylic acids is 1. The van der Waals surface area contributed by atoms with Gasteiger partial charge in [0.2, 0.25) is 0 Å². The van der Waals surface area contributed by atoms with Gasteiger partial charge in [-0.25, -0.2) is 18.7 Å². The zero-order valence-electron chi connectivity index (χ0n) is 15.0. The molecule has 1 amide bonds. The summed E-state index contributed by atoms with van der Waals surface area (Å²) >= 11 is 0. The van der Waals surface area contributed by atoms with Crippen LogP contribution in [0.3, 0.4) is 0 Å². The summed E-state index contributed by atoms with van der Waals surface area (Å²) in [6, 6.07) is 0. The van der Waals surface area contributed by atoms with Crippen molar-refractivity contribution in [3.63, 3.8) is 0 Å². The van der Waals surface area contributed by atoms with Crippen LogP contribution in [0, 0.1) is 6.92 Å². The molecule has 0 saturated heterocycles. The van der Waals surface area contributed by atoms with Crippen LogP contribution in [0.5, 0.6) is 0 Å². The van der Waals surface area contributed by atoms with Crippen LogP contribution in [0.4, 0.5) is 8.78 Å². The van der Waals surface area contributed by atoms with E-state index in [0.717, 1.165) is 4.57 Å². The molecule has 26 heavy (non-hydrogen) atoms. The van der Waals surface area contributed by atoms with Crippen molar-refractivity contribution < 1.29 is 18.7 Å². The fourth-order valence-corrected chi connectivity index (χ4v) is 2.77. The molecule has 3 N–H and O–H groups in total. The van der Waals surface area contributed by atoms with Crippen LogP contribution in [0.15, 0.2) is 35.8 Å². The monoisotopic (exact) mass is 362 g/mol. The van der Waals surface area contributed by atoms with Gasteiger partial charge in [0, 0.05) is 11.8 Å². The predicted molar refractivity (Wildman–Crippen MR) is 95.8 cm³/mol. The first-order valence-electron chi connectivity index (χ1n) is 7.78. The van der Waals surface area contributed by atoms with Crippen LogP contribution >= 0.6 is 0 Å². The van der Waals surface area contributed by atoms with E-state index in [1.165, 1.54) is 19.2 Å². The number of aliphatic hydroxyl groups excluding tert-OH is 1. The number of nitrogens with zero attached hydrogens (tertiary/aromatic N) is 3. The van der Waals surface area contributed by atoms with Gasteiger partial charge >= 0.3 is 0 Å². The Morgan fingerprint density at radius 3 is 2.46 bits per heavy atom. The summed E-state index contributed by atoms with van der Waals surface area (Å²) in [5.74, 6) is -0.727. The van der Waals surface area contributed by atoms with Crippen LogP contribution in [0.1, 0.15) is 49.1 Å². The van der Waals surface area contributed by atoms with Gasteiger partial charge in [0.25, 0.3) is 12.3 Å². The molecule has 138 valence electrons. The average molecular weight is 362 g/mol. The molecular formula is C18H20F2N4O2. The number of amides is 1. The second kappa shape index (κ2) is 7.07. The first kappa shape index (κ1) is 19.3. The zero-order valence-corrected chi connectivity index (χ0v) is 15.0. The highest BCUT2D eigenvalue weighted by molar-refractivity contribution is 6.08. The number of primary amides is 1. The summed E-state index contributed by atoms with van der Waals surface area (Å²) in [6.07, 6.45) is -0.237. The standard InChI is InChI=1S/C18H20F2N4O2/c1-6-8(2)14(9(3)10(4)25)24-15(16(19)20)13(17(21)26)12-7-22-11(5)23-18(12)24/h6-7,16,25H,1H2,2-5H3,(H2,21,26)/b10-9+,14-8+. The normalized spacial score (nSPS) is 13.7. The number of aliphatic hydroxyl groups is 1. The first-order valence-corrected chi connectivity index (χ1v) is 7.78. The molecule has 0 radical (unpaired) electrons. The third-order valence-electron chi connectivity index (χ3n) is 4.12. The lowest BCUT2D eigenvalue weighted by atomic mass is 10.1. The maximum absolute atomic E-state index is 14.0. The number of hydrogen-bond donors (Lipinski definition) is 2. The minimum Gasteiger partial charge on any atom is -0.512 e. The van der Waals surface area contributed by atoms with Crippen molar-refractivity contribution in [3.8, 4) is 0 Å². The fraction of sp³-hybridized carbons (Fsp3) is 0.278. The molecule has 8 heteroatoms. The number of aryl methyl sites for hydroxylation is 1. The number of halogens is 2. The average Bonchev–Trinajstić information content (AvgIpc) is 2.89. The highest BCUT2D eigenvalue weighted by Crippen LogP contribution is 2.37. The molecule has 0 spiro atoms. The Morgan fingerprint density at radius 2 is 2.00 bits per heavy atom. The third kappa shape index (κ3) is 3.10. The van der Waals surface area contributed by atoms with E-state index in [9.17, 15) is 18.7 Å². The number of allylic oxidation sites excluding steroid dienone is 5. The van der Waals surface area contributed by atoms with Crippen molar-refractivity contribution in [1.29, 1.82) is 0 Å². The number of alkyl halides is 2. The van der Waals surface area contributed by atoms with Gasteiger partial charge in [-0.05, 0) is 33.3 Å². The van der Waals surface area contributed by atoms with E-state index in [1.54, 1.807) is 20.8 Å². The maximum Gasteiger partial charge on any atom is 0.279 e. The van der Waals surface area contributed by atoms with E-state index < -0.39 is 18.0 Å². The van der Waals surface area contributed by atoms with Gasteiger partial charge in [-0.3, -0.25) is 9.36 Å². The summed E-state index contributed by atoms with van der Waals surface area (Å²) in [4.78, 5) is 20.2. The SMILES string of the molecule is C=C/C(C)=C(\C(C)=C(/C)O)n1c(C(F)F)c(C(N)=O)c2cnc(C)nc21. The summed E-state index contributed by atoms with van der Waals surface area (Å²) < 4.78 is 29.1. The van der Waals surface area contributed by atoms with E-state index in [2.05, 4.69) is 16.5 Å². The van der Waals surface area contributed by atoms with Gasteiger partial charge in [-0.2, -0.15) is 0 Å². The van der Waals surface area contributed by atoms with Crippen LogP contribution in [0.25, 0.3) is 16.7 Å². The van der Waals surface area contributed by atoms with E-state index in [1.807, 2.05) is 0 Å². The van der Waals surface area contributed by atoms with Crippen molar-refractivity contribution in [1.82, 2.24) is 14.5 Å². The number of hydrogen-bond acceptors (Lipinski definition) is 4. The minimum atomic E-state index is -3.01. The summed E-state index contributed by atoms with van der Waals surface area (Å²) in [7, 11) is 0. The van der Waals surface area contributed by atoms with Gasteiger partial charge in [-0.1, -0.05) is 12.7 Å². The fourth-order valence-electron chi connectivity index (χ4n) is 2.77. The summed E-state index contributed by atoms with van der Waals surface area (Å²) in [5, 5.41) is 10.1.